The zero-order valence-electron chi connectivity index (χ0n) is 14.0. The van der Waals surface area contributed by atoms with Crippen molar-refractivity contribution < 1.29 is 9.53 Å². The minimum atomic E-state index is -0.623. The molecule has 0 aromatic heterocycles. The van der Waals surface area contributed by atoms with Gasteiger partial charge in [0.15, 0.2) is 5.60 Å². The van der Waals surface area contributed by atoms with Gasteiger partial charge >= 0.3 is 0 Å². The van der Waals surface area contributed by atoms with Crippen molar-refractivity contribution in [1.29, 1.82) is 0 Å². The summed E-state index contributed by atoms with van der Waals surface area (Å²) in [5.74, 6) is 0.696. The van der Waals surface area contributed by atoms with E-state index in [2.05, 4.69) is 39.1 Å². The third-order valence-electron chi connectivity index (χ3n) is 7.04. The van der Waals surface area contributed by atoms with Crippen molar-refractivity contribution in [3.63, 3.8) is 0 Å². The highest BCUT2D eigenvalue weighted by Crippen LogP contribution is 2.75. The third kappa shape index (κ3) is 1.48. The number of ether oxygens (including phenoxy) is 1. The van der Waals surface area contributed by atoms with Crippen LogP contribution in [0.25, 0.3) is 0 Å². The van der Waals surface area contributed by atoms with Gasteiger partial charge in [-0.2, -0.15) is 0 Å². The van der Waals surface area contributed by atoms with Gasteiger partial charge in [0.25, 0.3) is 5.91 Å². The standard InChI is InChI=1S/C19H25NO2/c1-12-7-13(2)9-15(8-12)20-16(21)19-10-14-5-6-18(19,4)17(14,3)11-22-19/h7-9,14H,5-6,10-11H2,1-4H3,(H,20,21). The predicted molar refractivity (Wildman–Crippen MR) is 86.8 cm³/mol. The molecular weight excluding hydrogens is 274 g/mol. The number of carbonyl (C=O) groups is 1. The molecule has 4 atom stereocenters. The zero-order valence-corrected chi connectivity index (χ0v) is 14.0. The second-order valence-corrected chi connectivity index (χ2v) is 8.14. The summed E-state index contributed by atoms with van der Waals surface area (Å²) in [6.07, 6.45) is 3.24. The molecule has 0 radical (unpaired) electrons. The van der Waals surface area contributed by atoms with E-state index in [-0.39, 0.29) is 16.7 Å². The molecule has 3 fully saturated rings. The largest absolute Gasteiger partial charge is 0.364 e. The van der Waals surface area contributed by atoms with Crippen LogP contribution < -0.4 is 5.32 Å². The van der Waals surface area contributed by atoms with Gasteiger partial charge in [-0.05, 0) is 62.3 Å². The van der Waals surface area contributed by atoms with Gasteiger partial charge in [-0.3, -0.25) is 4.79 Å². The van der Waals surface area contributed by atoms with Crippen molar-refractivity contribution in [2.45, 2.75) is 52.6 Å². The highest BCUT2D eigenvalue weighted by atomic mass is 16.5. The first-order valence-electron chi connectivity index (χ1n) is 8.34. The number of amides is 1. The van der Waals surface area contributed by atoms with Crippen molar-refractivity contribution in [3.05, 3.63) is 29.3 Å². The molecule has 1 N–H and O–H groups in total. The van der Waals surface area contributed by atoms with Crippen LogP contribution in [-0.4, -0.2) is 18.1 Å². The Bertz CT molecular complexity index is 649. The van der Waals surface area contributed by atoms with Crippen LogP contribution in [0.3, 0.4) is 0 Å². The molecule has 1 saturated heterocycles. The van der Waals surface area contributed by atoms with Crippen LogP contribution in [0.4, 0.5) is 5.69 Å². The molecular formula is C19H25NO2. The highest BCUT2D eigenvalue weighted by Gasteiger charge is 2.78. The van der Waals surface area contributed by atoms with Crippen LogP contribution in [0.2, 0.25) is 0 Å². The first kappa shape index (κ1) is 14.3. The second kappa shape index (κ2) is 4.14. The quantitative estimate of drug-likeness (QED) is 0.901. The summed E-state index contributed by atoms with van der Waals surface area (Å²) in [5.41, 5.74) is 2.76. The molecule has 1 aromatic rings. The van der Waals surface area contributed by atoms with Gasteiger partial charge in [0.2, 0.25) is 0 Å². The summed E-state index contributed by atoms with van der Waals surface area (Å²) in [6.45, 7) is 9.44. The number of benzene rings is 1. The molecule has 4 rings (SSSR count). The van der Waals surface area contributed by atoms with E-state index in [0.29, 0.717) is 5.92 Å². The molecule has 1 aromatic carbocycles. The first-order chi connectivity index (χ1) is 10.3. The lowest BCUT2D eigenvalue weighted by atomic mass is 9.66. The Balaban J connectivity index is 1.67. The van der Waals surface area contributed by atoms with E-state index < -0.39 is 5.60 Å². The number of anilines is 1. The maximum atomic E-state index is 13.1. The topological polar surface area (TPSA) is 38.3 Å². The number of nitrogens with one attached hydrogen (secondary N) is 1. The molecule has 2 saturated carbocycles. The molecule has 3 aliphatic rings. The van der Waals surface area contributed by atoms with Gasteiger partial charge in [-0.15, -0.1) is 0 Å². The molecule has 1 amide bonds. The van der Waals surface area contributed by atoms with Crippen LogP contribution in [0.1, 0.15) is 44.2 Å². The number of rotatable bonds is 2. The Labute approximate surface area is 132 Å². The van der Waals surface area contributed by atoms with Crippen LogP contribution in [0.5, 0.6) is 0 Å². The van der Waals surface area contributed by atoms with E-state index in [1.54, 1.807) is 0 Å². The number of aryl methyl sites for hydroxylation is 2. The van der Waals surface area contributed by atoms with Crippen molar-refractivity contribution in [2.24, 2.45) is 16.7 Å². The maximum absolute atomic E-state index is 13.1. The molecule has 0 spiro atoms. The Kier molecular flexibility index (Phi) is 2.68. The van der Waals surface area contributed by atoms with Crippen molar-refractivity contribution in [3.8, 4) is 0 Å². The lowest BCUT2D eigenvalue weighted by molar-refractivity contribution is -0.149. The monoisotopic (exact) mass is 299 g/mol. The van der Waals surface area contributed by atoms with Crippen LogP contribution in [-0.2, 0) is 9.53 Å². The van der Waals surface area contributed by atoms with Gasteiger partial charge in [-0.25, -0.2) is 0 Å². The number of hydrogen-bond donors (Lipinski definition) is 1. The molecule has 2 aliphatic carbocycles. The summed E-state index contributed by atoms with van der Waals surface area (Å²) < 4.78 is 6.16. The molecule has 4 unspecified atom stereocenters. The van der Waals surface area contributed by atoms with Crippen LogP contribution in [0.15, 0.2) is 18.2 Å². The van der Waals surface area contributed by atoms with Gasteiger partial charge in [0.05, 0.1) is 6.61 Å². The maximum Gasteiger partial charge on any atom is 0.257 e. The highest BCUT2D eigenvalue weighted by molar-refractivity contribution is 5.99. The fraction of sp³-hybridized carbons (Fsp3) is 0.632. The van der Waals surface area contributed by atoms with Crippen molar-refractivity contribution in [2.75, 3.05) is 11.9 Å². The molecule has 3 heteroatoms. The van der Waals surface area contributed by atoms with Crippen LogP contribution >= 0.6 is 0 Å². The van der Waals surface area contributed by atoms with E-state index in [4.69, 9.17) is 4.74 Å². The summed E-state index contributed by atoms with van der Waals surface area (Å²) >= 11 is 0. The van der Waals surface area contributed by atoms with Gasteiger partial charge in [0, 0.05) is 16.5 Å². The van der Waals surface area contributed by atoms with E-state index in [0.717, 1.165) is 25.1 Å². The summed E-state index contributed by atoms with van der Waals surface area (Å²) in [7, 11) is 0. The van der Waals surface area contributed by atoms with Gasteiger partial charge < -0.3 is 10.1 Å². The Hall–Kier alpha value is -1.35. The molecule has 118 valence electrons. The third-order valence-corrected chi connectivity index (χ3v) is 7.04. The molecule has 4 bridgehead atoms. The summed E-state index contributed by atoms with van der Waals surface area (Å²) in [6, 6.07) is 6.19. The fourth-order valence-corrected chi connectivity index (χ4v) is 5.54. The lowest BCUT2D eigenvalue weighted by Crippen LogP contribution is -2.52. The Morgan fingerprint density at radius 3 is 2.50 bits per heavy atom. The average molecular weight is 299 g/mol. The smallest absolute Gasteiger partial charge is 0.257 e. The Morgan fingerprint density at radius 1 is 1.23 bits per heavy atom. The normalized spacial score (nSPS) is 41.9. The minimum absolute atomic E-state index is 0.0202. The van der Waals surface area contributed by atoms with Crippen molar-refractivity contribution in [1.82, 2.24) is 0 Å². The molecule has 22 heavy (non-hydrogen) atoms. The van der Waals surface area contributed by atoms with E-state index in [9.17, 15) is 4.79 Å². The van der Waals surface area contributed by atoms with E-state index >= 15 is 0 Å². The lowest BCUT2D eigenvalue weighted by Gasteiger charge is -2.40. The van der Waals surface area contributed by atoms with Gasteiger partial charge in [0.1, 0.15) is 0 Å². The van der Waals surface area contributed by atoms with Crippen molar-refractivity contribution >= 4 is 11.6 Å². The van der Waals surface area contributed by atoms with Crippen LogP contribution in [0, 0.1) is 30.6 Å². The Morgan fingerprint density at radius 2 is 1.91 bits per heavy atom. The molecule has 1 heterocycles. The van der Waals surface area contributed by atoms with E-state index in [1.165, 1.54) is 17.5 Å². The first-order valence-corrected chi connectivity index (χ1v) is 8.34. The second-order valence-electron chi connectivity index (χ2n) is 8.14. The van der Waals surface area contributed by atoms with E-state index in [1.807, 2.05) is 12.1 Å². The zero-order chi connectivity index (χ0) is 15.8. The SMILES string of the molecule is Cc1cc(C)cc(NC(=O)C23CC4CCC2(C)C4(C)CO3)c1. The summed E-state index contributed by atoms with van der Waals surface area (Å²) in [4.78, 5) is 13.1. The molecule has 1 aliphatic heterocycles. The minimum Gasteiger partial charge on any atom is -0.364 e. The molecule has 3 nitrogen and oxygen atoms in total. The fourth-order valence-electron chi connectivity index (χ4n) is 5.54. The predicted octanol–water partition coefficient (Wildman–Crippen LogP) is 3.84. The average Bonchev–Trinajstić information content (AvgIpc) is 2.89. The number of hydrogen-bond acceptors (Lipinski definition) is 2. The summed E-state index contributed by atoms with van der Waals surface area (Å²) in [5, 5.41) is 3.15. The van der Waals surface area contributed by atoms with Gasteiger partial charge in [-0.1, -0.05) is 19.9 Å². The number of carbonyl (C=O) groups excluding carboxylic acids is 1.